The predicted molar refractivity (Wildman–Crippen MR) is 71.9 cm³/mol. The second-order valence-corrected chi connectivity index (χ2v) is 3.82. The summed E-state index contributed by atoms with van der Waals surface area (Å²) in [6.45, 7) is 0. The molecule has 2 aromatic rings. The fourth-order valence-corrected chi connectivity index (χ4v) is 1.73. The number of nitrogen functional groups attached to an aromatic ring is 1. The molecule has 0 aromatic heterocycles. The van der Waals surface area contributed by atoms with Crippen LogP contribution in [0.1, 0.15) is 0 Å². The number of anilines is 3. The van der Waals surface area contributed by atoms with Gasteiger partial charge in [-0.1, -0.05) is 18.2 Å². The number of methoxy groups -OCH3 is 1. The topological polar surface area (TPSA) is 38.5 Å². The molecule has 0 atom stereocenters. The Morgan fingerprint density at radius 3 is 2.41 bits per heavy atom. The lowest BCUT2D eigenvalue weighted by molar-refractivity contribution is 0.415. The van der Waals surface area contributed by atoms with Gasteiger partial charge in [-0.15, -0.1) is 0 Å². The zero-order valence-corrected chi connectivity index (χ0v) is 10.1. The van der Waals surface area contributed by atoms with E-state index in [0.717, 1.165) is 22.8 Å². The minimum Gasteiger partial charge on any atom is -0.497 e. The van der Waals surface area contributed by atoms with E-state index in [1.165, 1.54) is 0 Å². The van der Waals surface area contributed by atoms with E-state index in [-0.39, 0.29) is 0 Å². The molecule has 0 saturated carbocycles. The van der Waals surface area contributed by atoms with Crippen molar-refractivity contribution in [1.29, 1.82) is 0 Å². The van der Waals surface area contributed by atoms with Crippen molar-refractivity contribution in [3.05, 3.63) is 48.5 Å². The van der Waals surface area contributed by atoms with Crippen molar-refractivity contribution in [2.45, 2.75) is 0 Å². The Hall–Kier alpha value is -2.16. The summed E-state index contributed by atoms with van der Waals surface area (Å²) >= 11 is 0. The normalized spacial score (nSPS) is 10.0. The fraction of sp³-hybridized carbons (Fsp3) is 0.143. The molecule has 2 N–H and O–H groups in total. The van der Waals surface area contributed by atoms with E-state index in [2.05, 4.69) is 0 Å². The first-order chi connectivity index (χ1) is 8.22. The minimum atomic E-state index is 0.733. The lowest BCUT2D eigenvalue weighted by Gasteiger charge is -2.21. The molecule has 3 heteroatoms. The number of ether oxygens (including phenoxy) is 1. The largest absolute Gasteiger partial charge is 0.497 e. The number of nitrogens with two attached hydrogens (primary N) is 1. The first kappa shape index (κ1) is 11.3. The van der Waals surface area contributed by atoms with Crippen LogP contribution in [0.5, 0.6) is 5.75 Å². The van der Waals surface area contributed by atoms with Gasteiger partial charge in [0.25, 0.3) is 0 Å². The monoisotopic (exact) mass is 228 g/mol. The molecule has 2 aromatic carbocycles. The highest BCUT2D eigenvalue weighted by molar-refractivity contribution is 5.75. The summed E-state index contributed by atoms with van der Waals surface area (Å²) in [5.41, 5.74) is 8.75. The molecular weight excluding hydrogens is 212 g/mol. The molecule has 0 radical (unpaired) electrons. The van der Waals surface area contributed by atoms with E-state index in [1.54, 1.807) is 7.11 Å². The molecule has 88 valence electrons. The second kappa shape index (κ2) is 4.78. The molecule has 0 heterocycles. The standard InChI is InChI=1S/C14H16N2O/c1-16(11-6-4-3-5-7-11)14-10-12(17-2)8-9-13(14)15/h3-10H,15H2,1-2H3. The van der Waals surface area contributed by atoms with Crippen LogP contribution >= 0.6 is 0 Å². The summed E-state index contributed by atoms with van der Waals surface area (Å²) in [7, 11) is 3.64. The molecule has 0 bridgehead atoms. The van der Waals surface area contributed by atoms with Gasteiger partial charge in [-0.3, -0.25) is 0 Å². The summed E-state index contributed by atoms with van der Waals surface area (Å²) < 4.78 is 5.21. The predicted octanol–water partition coefficient (Wildman–Crippen LogP) is 3.05. The summed E-state index contributed by atoms with van der Waals surface area (Å²) in [4.78, 5) is 2.04. The Bertz CT molecular complexity index is 497. The number of hydrogen-bond donors (Lipinski definition) is 1. The fourth-order valence-electron chi connectivity index (χ4n) is 1.73. The van der Waals surface area contributed by atoms with Gasteiger partial charge in [0.15, 0.2) is 0 Å². The molecule has 0 aliphatic carbocycles. The second-order valence-electron chi connectivity index (χ2n) is 3.82. The summed E-state index contributed by atoms with van der Waals surface area (Å²) in [5, 5.41) is 0. The van der Waals surface area contributed by atoms with Gasteiger partial charge < -0.3 is 15.4 Å². The van der Waals surface area contributed by atoms with Gasteiger partial charge in [0.05, 0.1) is 18.5 Å². The lowest BCUT2D eigenvalue weighted by atomic mass is 10.2. The van der Waals surface area contributed by atoms with Crippen LogP contribution in [0.25, 0.3) is 0 Å². The van der Waals surface area contributed by atoms with E-state index in [0.29, 0.717) is 0 Å². The smallest absolute Gasteiger partial charge is 0.121 e. The molecule has 17 heavy (non-hydrogen) atoms. The molecule has 0 saturated heterocycles. The molecule has 0 aliphatic rings. The van der Waals surface area contributed by atoms with Gasteiger partial charge in [-0.25, -0.2) is 0 Å². The zero-order chi connectivity index (χ0) is 12.3. The van der Waals surface area contributed by atoms with Crippen LogP contribution in [0.3, 0.4) is 0 Å². The van der Waals surface area contributed by atoms with Gasteiger partial charge in [0, 0.05) is 18.8 Å². The van der Waals surface area contributed by atoms with Crippen LogP contribution in [0.4, 0.5) is 17.1 Å². The van der Waals surface area contributed by atoms with Crippen molar-refractivity contribution in [2.24, 2.45) is 0 Å². The van der Waals surface area contributed by atoms with Gasteiger partial charge >= 0.3 is 0 Å². The SMILES string of the molecule is COc1ccc(N)c(N(C)c2ccccc2)c1. The quantitative estimate of drug-likeness (QED) is 0.820. The molecule has 3 nitrogen and oxygen atoms in total. The third-order valence-electron chi connectivity index (χ3n) is 2.74. The van der Waals surface area contributed by atoms with Gasteiger partial charge in [-0.05, 0) is 24.3 Å². The Kier molecular flexibility index (Phi) is 3.19. The molecule has 0 spiro atoms. The van der Waals surface area contributed by atoms with Crippen LogP contribution in [0, 0.1) is 0 Å². The molecule has 0 fully saturated rings. The van der Waals surface area contributed by atoms with Gasteiger partial charge in [0.1, 0.15) is 5.75 Å². The van der Waals surface area contributed by atoms with Crippen LogP contribution in [-0.2, 0) is 0 Å². The summed E-state index contributed by atoms with van der Waals surface area (Å²) in [6, 6.07) is 15.7. The van der Waals surface area contributed by atoms with Crippen LogP contribution in [0.15, 0.2) is 48.5 Å². The third-order valence-corrected chi connectivity index (χ3v) is 2.74. The van der Waals surface area contributed by atoms with E-state index in [9.17, 15) is 0 Å². The van der Waals surface area contributed by atoms with Crippen molar-refractivity contribution in [2.75, 3.05) is 24.8 Å². The third kappa shape index (κ3) is 2.33. The van der Waals surface area contributed by atoms with Crippen molar-refractivity contribution >= 4 is 17.1 Å². The summed E-state index contributed by atoms with van der Waals surface area (Å²) in [6.07, 6.45) is 0. The summed E-state index contributed by atoms with van der Waals surface area (Å²) in [5.74, 6) is 0.803. The van der Waals surface area contributed by atoms with Crippen LogP contribution < -0.4 is 15.4 Å². The number of nitrogens with zero attached hydrogens (tertiary/aromatic N) is 1. The highest BCUT2D eigenvalue weighted by Crippen LogP contribution is 2.31. The van der Waals surface area contributed by atoms with Crippen molar-refractivity contribution < 1.29 is 4.74 Å². The molecule has 2 rings (SSSR count). The van der Waals surface area contributed by atoms with Crippen LogP contribution in [-0.4, -0.2) is 14.2 Å². The molecule has 0 aliphatic heterocycles. The molecular formula is C14H16N2O. The Labute approximate surface area is 101 Å². The average Bonchev–Trinajstić information content (AvgIpc) is 2.39. The van der Waals surface area contributed by atoms with Crippen molar-refractivity contribution in [3.8, 4) is 5.75 Å². The van der Waals surface area contributed by atoms with E-state index < -0.39 is 0 Å². The lowest BCUT2D eigenvalue weighted by Crippen LogP contribution is -2.11. The first-order valence-electron chi connectivity index (χ1n) is 5.44. The van der Waals surface area contributed by atoms with Crippen LogP contribution in [0.2, 0.25) is 0 Å². The Morgan fingerprint density at radius 1 is 1.06 bits per heavy atom. The van der Waals surface area contributed by atoms with E-state index in [4.69, 9.17) is 10.5 Å². The maximum Gasteiger partial charge on any atom is 0.121 e. The zero-order valence-electron chi connectivity index (χ0n) is 10.1. The average molecular weight is 228 g/mol. The highest BCUT2D eigenvalue weighted by Gasteiger charge is 2.08. The van der Waals surface area contributed by atoms with Gasteiger partial charge in [-0.2, -0.15) is 0 Å². The Morgan fingerprint density at radius 2 is 1.76 bits per heavy atom. The highest BCUT2D eigenvalue weighted by atomic mass is 16.5. The van der Waals surface area contributed by atoms with Crippen molar-refractivity contribution in [3.63, 3.8) is 0 Å². The maximum atomic E-state index is 5.99. The Balaban J connectivity index is 2.40. The number of hydrogen-bond acceptors (Lipinski definition) is 3. The van der Waals surface area contributed by atoms with E-state index in [1.807, 2.05) is 60.5 Å². The number of para-hydroxylation sites is 1. The van der Waals surface area contributed by atoms with E-state index >= 15 is 0 Å². The maximum absolute atomic E-state index is 5.99. The molecule has 0 unspecified atom stereocenters. The van der Waals surface area contributed by atoms with Gasteiger partial charge in [0.2, 0.25) is 0 Å². The molecule has 0 amide bonds. The number of rotatable bonds is 3. The number of benzene rings is 2. The minimum absolute atomic E-state index is 0.733. The first-order valence-corrected chi connectivity index (χ1v) is 5.44. The van der Waals surface area contributed by atoms with Crippen molar-refractivity contribution in [1.82, 2.24) is 0 Å².